The molecular formula is C26H22ClNO2. The van der Waals surface area contributed by atoms with Crippen LogP contribution in [0.1, 0.15) is 22.3 Å². The van der Waals surface area contributed by atoms with E-state index < -0.39 is 5.79 Å². The van der Waals surface area contributed by atoms with Gasteiger partial charge in [-0.2, -0.15) is 0 Å². The first kappa shape index (κ1) is 19.3. The van der Waals surface area contributed by atoms with E-state index in [4.69, 9.17) is 21.1 Å². The predicted octanol–water partition coefficient (Wildman–Crippen LogP) is 5.92. The quantitative estimate of drug-likeness (QED) is 0.405. The lowest BCUT2D eigenvalue weighted by Crippen LogP contribution is -2.28. The highest BCUT2D eigenvalue weighted by Gasteiger charge is 2.40. The number of ether oxygens (including phenoxy) is 2. The second-order valence-electron chi connectivity index (χ2n) is 7.51. The number of rotatable bonds is 5. The van der Waals surface area contributed by atoms with Gasteiger partial charge in [0.2, 0.25) is 5.79 Å². The molecule has 0 atom stereocenters. The molecule has 0 aliphatic carbocycles. The molecule has 1 aliphatic heterocycles. The highest BCUT2D eigenvalue weighted by molar-refractivity contribution is 6.30. The zero-order chi connectivity index (χ0) is 20.4. The molecule has 1 aliphatic rings. The molecule has 0 unspecified atom stereocenters. The number of halogens is 1. The van der Waals surface area contributed by atoms with Gasteiger partial charge in [0.05, 0.1) is 18.7 Å². The average molecular weight is 416 g/mol. The number of hydrogen-bond donors (Lipinski definition) is 0. The minimum atomic E-state index is -0.911. The van der Waals surface area contributed by atoms with Gasteiger partial charge >= 0.3 is 0 Å². The van der Waals surface area contributed by atoms with E-state index in [9.17, 15) is 0 Å². The van der Waals surface area contributed by atoms with Gasteiger partial charge in [-0.1, -0.05) is 60.1 Å². The monoisotopic (exact) mass is 415 g/mol. The molecule has 150 valence electrons. The largest absolute Gasteiger partial charge is 0.340 e. The van der Waals surface area contributed by atoms with Crippen molar-refractivity contribution in [1.29, 1.82) is 0 Å². The summed E-state index contributed by atoms with van der Waals surface area (Å²) in [6, 6.07) is 26.6. The Hall–Kier alpha value is -2.72. The third-order valence-corrected chi connectivity index (χ3v) is 5.91. The lowest BCUT2D eigenvalue weighted by atomic mass is 9.93. The molecule has 1 saturated heterocycles. The molecule has 3 aromatic carbocycles. The zero-order valence-corrected chi connectivity index (χ0v) is 17.3. The van der Waals surface area contributed by atoms with Crippen molar-refractivity contribution < 1.29 is 9.47 Å². The van der Waals surface area contributed by atoms with Gasteiger partial charge in [0.15, 0.2) is 0 Å². The third kappa shape index (κ3) is 3.61. The van der Waals surface area contributed by atoms with Crippen molar-refractivity contribution in [3.63, 3.8) is 0 Å². The van der Waals surface area contributed by atoms with Crippen molar-refractivity contribution >= 4 is 22.5 Å². The average Bonchev–Trinajstić information content (AvgIpc) is 3.30. The van der Waals surface area contributed by atoms with Crippen LogP contribution in [-0.4, -0.2) is 18.2 Å². The van der Waals surface area contributed by atoms with Crippen LogP contribution in [0.4, 0.5) is 0 Å². The number of aryl methyl sites for hydroxylation is 2. The van der Waals surface area contributed by atoms with Crippen molar-refractivity contribution in [1.82, 2.24) is 4.98 Å². The third-order valence-electron chi connectivity index (χ3n) is 5.66. The molecule has 2 heterocycles. The second-order valence-corrected chi connectivity index (χ2v) is 7.94. The first-order chi connectivity index (χ1) is 14.7. The van der Waals surface area contributed by atoms with Gasteiger partial charge < -0.3 is 9.47 Å². The second kappa shape index (κ2) is 8.19. The van der Waals surface area contributed by atoms with Crippen LogP contribution in [-0.2, 0) is 28.1 Å². The van der Waals surface area contributed by atoms with Gasteiger partial charge in [-0.15, -0.1) is 0 Å². The Morgan fingerprint density at radius 1 is 0.800 bits per heavy atom. The summed E-state index contributed by atoms with van der Waals surface area (Å²) in [4.78, 5) is 4.57. The molecule has 1 fully saturated rings. The van der Waals surface area contributed by atoms with Crippen LogP contribution in [0.3, 0.4) is 0 Å². The zero-order valence-electron chi connectivity index (χ0n) is 16.6. The van der Waals surface area contributed by atoms with Gasteiger partial charge in [-0.05, 0) is 54.3 Å². The number of pyridine rings is 1. The molecule has 0 radical (unpaired) electrons. The summed E-state index contributed by atoms with van der Waals surface area (Å²) >= 11 is 6.10. The van der Waals surface area contributed by atoms with Crippen LogP contribution < -0.4 is 0 Å². The fraction of sp³-hybridized carbons (Fsp3) is 0.192. The first-order valence-electron chi connectivity index (χ1n) is 10.2. The molecule has 30 heavy (non-hydrogen) atoms. The van der Waals surface area contributed by atoms with E-state index in [2.05, 4.69) is 59.6 Å². The van der Waals surface area contributed by atoms with E-state index in [0.717, 1.165) is 34.9 Å². The molecule has 0 amide bonds. The number of aromatic nitrogens is 1. The summed E-state index contributed by atoms with van der Waals surface area (Å²) in [6.07, 6.45) is 3.82. The van der Waals surface area contributed by atoms with Crippen LogP contribution in [0.2, 0.25) is 5.02 Å². The summed E-state index contributed by atoms with van der Waals surface area (Å²) in [7, 11) is 0. The maximum absolute atomic E-state index is 6.18. The topological polar surface area (TPSA) is 31.4 Å². The Morgan fingerprint density at radius 3 is 2.30 bits per heavy atom. The number of fused-ring (bicyclic) bond motifs is 1. The van der Waals surface area contributed by atoms with E-state index >= 15 is 0 Å². The van der Waals surface area contributed by atoms with Crippen molar-refractivity contribution in [3.8, 4) is 0 Å². The van der Waals surface area contributed by atoms with Gasteiger partial charge in [-0.3, -0.25) is 4.98 Å². The maximum Gasteiger partial charge on any atom is 0.222 e. The summed E-state index contributed by atoms with van der Waals surface area (Å²) in [5.74, 6) is -0.911. The summed E-state index contributed by atoms with van der Waals surface area (Å²) < 4.78 is 12.4. The molecule has 0 saturated carbocycles. The normalized spacial score (nSPS) is 15.5. The van der Waals surface area contributed by atoms with E-state index in [0.29, 0.717) is 18.2 Å². The molecule has 3 nitrogen and oxygen atoms in total. The van der Waals surface area contributed by atoms with Crippen molar-refractivity contribution in [2.75, 3.05) is 13.2 Å². The summed E-state index contributed by atoms with van der Waals surface area (Å²) in [6.45, 7) is 1.10. The fourth-order valence-corrected chi connectivity index (χ4v) is 4.26. The van der Waals surface area contributed by atoms with Crippen LogP contribution >= 0.6 is 11.6 Å². The molecule has 0 bridgehead atoms. The smallest absolute Gasteiger partial charge is 0.222 e. The molecular weight excluding hydrogens is 394 g/mol. The minimum Gasteiger partial charge on any atom is -0.340 e. The molecule has 5 rings (SSSR count). The van der Waals surface area contributed by atoms with E-state index in [1.54, 1.807) is 0 Å². The van der Waals surface area contributed by atoms with Crippen molar-refractivity contribution in [2.24, 2.45) is 0 Å². The van der Waals surface area contributed by atoms with Crippen LogP contribution in [0, 0.1) is 0 Å². The Morgan fingerprint density at radius 2 is 1.53 bits per heavy atom. The van der Waals surface area contributed by atoms with Crippen LogP contribution in [0.15, 0.2) is 85.1 Å². The van der Waals surface area contributed by atoms with Crippen molar-refractivity contribution in [2.45, 2.75) is 18.6 Å². The SMILES string of the molecule is Clc1ccc(C2(c3ccc4nccc(CCc5ccccc5)c4c3)OCCO2)cc1. The van der Waals surface area contributed by atoms with E-state index in [1.165, 1.54) is 11.1 Å². The number of hydrogen-bond acceptors (Lipinski definition) is 3. The van der Waals surface area contributed by atoms with Gasteiger partial charge in [0.25, 0.3) is 0 Å². The standard InChI is InChI=1S/C26H22ClNO2/c27-23-11-8-21(9-12-23)26(29-16-17-30-26)22-10-13-25-24(18-22)20(14-15-28-25)7-6-19-4-2-1-3-5-19/h1-5,8-15,18H,6-7,16-17H2. The molecule has 0 spiro atoms. The van der Waals surface area contributed by atoms with E-state index in [1.807, 2.05) is 30.5 Å². The first-order valence-corrected chi connectivity index (χ1v) is 10.6. The Balaban J connectivity index is 1.55. The minimum absolute atomic E-state index is 0.550. The highest BCUT2D eigenvalue weighted by Crippen LogP contribution is 2.40. The van der Waals surface area contributed by atoms with Crippen LogP contribution in [0.5, 0.6) is 0 Å². The maximum atomic E-state index is 6.18. The van der Waals surface area contributed by atoms with E-state index in [-0.39, 0.29) is 0 Å². The summed E-state index contributed by atoms with van der Waals surface area (Å²) in [5, 5.41) is 1.83. The highest BCUT2D eigenvalue weighted by atomic mass is 35.5. The molecule has 1 aromatic heterocycles. The fourth-order valence-electron chi connectivity index (χ4n) is 4.13. The predicted molar refractivity (Wildman–Crippen MR) is 120 cm³/mol. The lowest BCUT2D eigenvalue weighted by molar-refractivity contribution is -0.129. The Labute approximate surface area is 181 Å². The number of benzene rings is 3. The number of nitrogens with zero attached hydrogens (tertiary/aromatic N) is 1. The Kier molecular flexibility index (Phi) is 5.26. The van der Waals surface area contributed by atoms with Gasteiger partial charge in [-0.25, -0.2) is 0 Å². The summed E-state index contributed by atoms with van der Waals surface area (Å²) in [5.41, 5.74) is 5.50. The molecule has 4 aromatic rings. The molecule has 0 N–H and O–H groups in total. The lowest BCUT2D eigenvalue weighted by Gasteiger charge is -2.29. The van der Waals surface area contributed by atoms with Gasteiger partial charge in [0.1, 0.15) is 0 Å². The van der Waals surface area contributed by atoms with Crippen molar-refractivity contribution in [3.05, 3.63) is 112 Å². The molecule has 4 heteroatoms. The van der Waals surface area contributed by atoms with Crippen LogP contribution in [0.25, 0.3) is 10.9 Å². The van der Waals surface area contributed by atoms with Gasteiger partial charge in [0, 0.05) is 27.7 Å². The Bertz CT molecular complexity index is 1150.